The van der Waals surface area contributed by atoms with Crippen molar-refractivity contribution in [2.75, 3.05) is 5.32 Å². The Morgan fingerprint density at radius 3 is 2.57 bits per heavy atom. The summed E-state index contributed by atoms with van der Waals surface area (Å²) in [7, 11) is 0. The first-order chi connectivity index (χ1) is 10.2. The fraction of sp³-hybridized carbons (Fsp3) is 0.333. The number of amides is 2. The Balaban J connectivity index is 1.78. The summed E-state index contributed by atoms with van der Waals surface area (Å²) in [5.41, 5.74) is 0.810. The first-order valence-electron chi connectivity index (χ1n) is 6.93. The summed E-state index contributed by atoms with van der Waals surface area (Å²) in [5.74, 6) is 0. The molecule has 1 aromatic carbocycles. The number of carbonyl (C=O) groups excluding carboxylic acids is 1. The minimum Gasteiger partial charge on any atom is -0.328 e. The first kappa shape index (κ1) is 14.4. The van der Waals surface area contributed by atoms with E-state index in [-0.39, 0.29) is 11.6 Å². The van der Waals surface area contributed by atoms with Crippen molar-refractivity contribution in [3.63, 3.8) is 0 Å². The molecule has 1 saturated carbocycles. The van der Waals surface area contributed by atoms with Gasteiger partial charge in [-0.15, -0.1) is 11.3 Å². The normalized spacial score (nSPS) is 16.6. The molecule has 4 nitrogen and oxygen atoms in total. The highest BCUT2D eigenvalue weighted by Crippen LogP contribution is 2.39. The summed E-state index contributed by atoms with van der Waals surface area (Å²) in [4.78, 5) is 16.3. The predicted molar refractivity (Wildman–Crippen MR) is 85.9 cm³/mol. The Bertz CT molecular complexity index is 606. The van der Waals surface area contributed by atoms with E-state index in [4.69, 9.17) is 11.6 Å². The summed E-state index contributed by atoms with van der Waals surface area (Å²) in [6.07, 6.45) is 5.78. The molecule has 0 bridgehead atoms. The van der Waals surface area contributed by atoms with Crippen LogP contribution in [-0.4, -0.2) is 11.0 Å². The van der Waals surface area contributed by atoms with Gasteiger partial charge in [0.2, 0.25) is 0 Å². The third kappa shape index (κ3) is 3.19. The molecule has 0 aliphatic heterocycles. The first-order valence-corrected chi connectivity index (χ1v) is 8.18. The molecule has 3 rings (SSSR count). The molecule has 1 aliphatic rings. The van der Waals surface area contributed by atoms with Crippen molar-refractivity contribution in [3.8, 4) is 0 Å². The quantitative estimate of drug-likeness (QED) is 0.881. The van der Waals surface area contributed by atoms with E-state index in [0.29, 0.717) is 10.2 Å². The number of urea groups is 1. The third-order valence-corrected chi connectivity index (χ3v) is 4.80. The summed E-state index contributed by atoms with van der Waals surface area (Å²) in [5, 5.41) is 9.08. The largest absolute Gasteiger partial charge is 0.328 e. The van der Waals surface area contributed by atoms with Crippen LogP contribution in [0.1, 0.15) is 31.2 Å². The molecule has 110 valence electrons. The maximum Gasteiger partial charge on any atom is 0.321 e. The molecule has 2 N–H and O–H groups in total. The van der Waals surface area contributed by atoms with Crippen molar-refractivity contribution in [3.05, 3.63) is 46.4 Å². The van der Waals surface area contributed by atoms with Gasteiger partial charge in [-0.1, -0.05) is 36.6 Å². The van der Waals surface area contributed by atoms with Gasteiger partial charge in [0.05, 0.1) is 5.54 Å². The van der Waals surface area contributed by atoms with Crippen molar-refractivity contribution in [1.29, 1.82) is 0 Å². The molecular weight excluding hydrogens is 306 g/mol. The zero-order valence-corrected chi connectivity index (χ0v) is 13.0. The van der Waals surface area contributed by atoms with Gasteiger partial charge in [-0.05, 0) is 30.5 Å². The van der Waals surface area contributed by atoms with Crippen LogP contribution in [0.4, 0.5) is 9.93 Å². The topological polar surface area (TPSA) is 54.0 Å². The van der Waals surface area contributed by atoms with Gasteiger partial charge >= 0.3 is 6.03 Å². The van der Waals surface area contributed by atoms with Gasteiger partial charge in [-0.3, -0.25) is 5.32 Å². The van der Waals surface area contributed by atoms with Gasteiger partial charge in [0.1, 0.15) is 0 Å². The Labute approximate surface area is 132 Å². The lowest BCUT2D eigenvalue weighted by atomic mass is 9.88. The van der Waals surface area contributed by atoms with Gasteiger partial charge < -0.3 is 5.32 Å². The highest BCUT2D eigenvalue weighted by atomic mass is 35.5. The number of nitrogens with zero attached hydrogens (tertiary/aromatic N) is 1. The van der Waals surface area contributed by atoms with Crippen molar-refractivity contribution >= 4 is 34.1 Å². The maximum atomic E-state index is 12.2. The molecule has 6 heteroatoms. The lowest BCUT2D eigenvalue weighted by Crippen LogP contribution is -2.45. The monoisotopic (exact) mass is 321 g/mol. The Morgan fingerprint density at radius 2 is 1.95 bits per heavy atom. The average Bonchev–Trinajstić information content (AvgIpc) is 3.12. The molecule has 1 aliphatic carbocycles. The smallest absolute Gasteiger partial charge is 0.321 e. The minimum atomic E-state index is -0.300. The molecule has 2 aromatic rings. The highest BCUT2D eigenvalue weighted by Gasteiger charge is 2.37. The second kappa shape index (κ2) is 6.03. The van der Waals surface area contributed by atoms with E-state index in [9.17, 15) is 4.79 Å². The van der Waals surface area contributed by atoms with Crippen LogP contribution in [-0.2, 0) is 5.54 Å². The zero-order chi connectivity index (χ0) is 14.7. The molecule has 0 atom stereocenters. The Morgan fingerprint density at radius 1 is 1.24 bits per heavy atom. The van der Waals surface area contributed by atoms with E-state index >= 15 is 0 Å². The van der Waals surface area contributed by atoms with E-state index in [1.54, 1.807) is 6.20 Å². The van der Waals surface area contributed by atoms with Crippen LogP contribution in [0.2, 0.25) is 5.02 Å². The van der Waals surface area contributed by atoms with Gasteiger partial charge in [0, 0.05) is 16.6 Å². The van der Waals surface area contributed by atoms with Crippen LogP contribution < -0.4 is 10.6 Å². The number of benzene rings is 1. The van der Waals surface area contributed by atoms with Gasteiger partial charge in [0.15, 0.2) is 5.13 Å². The van der Waals surface area contributed by atoms with E-state index < -0.39 is 0 Å². The molecule has 2 amide bonds. The summed E-state index contributed by atoms with van der Waals surface area (Å²) < 4.78 is 0. The van der Waals surface area contributed by atoms with Crippen molar-refractivity contribution in [1.82, 2.24) is 10.3 Å². The number of anilines is 1. The van der Waals surface area contributed by atoms with Crippen LogP contribution in [0.3, 0.4) is 0 Å². The molecule has 1 fully saturated rings. The van der Waals surface area contributed by atoms with Crippen LogP contribution in [0.15, 0.2) is 35.8 Å². The predicted octanol–water partition coefficient (Wildman–Crippen LogP) is 4.39. The van der Waals surface area contributed by atoms with Crippen molar-refractivity contribution in [2.45, 2.75) is 31.2 Å². The van der Waals surface area contributed by atoms with E-state index in [1.165, 1.54) is 11.3 Å². The van der Waals surface area contributed by atoms with Crippen LogP contribution in [0, 0.1) is 0 Å². The van der Waals surface area contributed by atoms with Crippen molar-refractivity contribution in [2.24, 2.45) is 0 Å². The lowest BCUT2D eigenvalue weighted by molar-refractivity contribution is 0.236. The number of aromatic nitrogens is 1. The number of hydrogen-bond donors (Lipinski definition) is 2. The molecule has 1 aromatic heterocycles. The van der Waals surface area contributed by atoms with Gasteiger partial charge in [0.25, 0.3) is 0 Å². The summed E-state index contributed by atoms with van der Waals surface area (Å²) in [6.45, 7) is 0. The van der Waals surface area contributed by atoms with E-state index in [0.717, 1.165) is 31.2 Å². The second-order valence-corrected chi connectivity index (χ2v) is 6.54. The van der Waals surface area contributed by atoms with Crippen LogP contribution in [0.25, 0.3) is 0 Å². The van der Waals surface area contributed by atoms with E-state index in [2.05, 4.69) is 15.6 Å². The van der Waals surface area contributed by atoms with Crippen molar-refractivity contribution < 1.29 is 4.79 Å². The standard InChI is InChI=1S/C15H16ClN3OS/c16-12-5-3-11(4-6-12)15(7-1-2-8-15)19-13(20)18-14-17-9-10-21-14/h3-6,9-10H,1-2,7-8H2,(H2,17,18,19,20). The van der Waals surface area contributed by atoms with Crippen LogP contribution in [0.5, 0.6) is 0 Å². The number of rotatable bonds is 3. The number of carbonyl (C=O) groups is 1. The minimum absolute atomic E-state index is 0.207. The van der Waals surface area contributed by atoms with Gasteiger partial charge in [-0.25, -0.2) is 9.78 Å². The third-order valence-electron chi connectivity index (χ3n) is 3.86. The molecular formula is C15H16ClN3OS. The number of hydrogen-bond acceptors (Lipinski definition) is 3. The zero-order valence-electron chi connectivity index (χ0n) is 11.4. The molecule has 21 heavy (non-hydrogen) atoms. The van der Waals surface area contributed by atoms with E-state index in [1.807, 2.05) is 29.6 Å². The fourth-order valence-electron chi connectivity index (χ4n) is 2.86. The number of halogens is 1. The molecule has 0 radical (unpaired) electrons. The average molecular weight is 322 g/mol. The molecule has 0 unspecified atom stereocenters. The lowest BCUT2D eigenvalue weighted by Gasteiger charge is -2.31. The molecule has 0 spiro atoms. The maximum absolute atomic E-state index is 12.2. The molecule has 0 saturated heterocycles. The Kier molecular flexibility index (Phi) is 4.12. The summed E-state index contributed by atoms with van der Waals surface area (Å²) in [6, 6.07) is 7.53. The fourth-order valence-corrected chi connectivity index (χ4v) is 3.51. The molecule has 1 heterocycles. The van der Waals surface area contributed by atoms with Gasteiger partial charge in [-0.2, -0.15) is 0 Å². The second-order valence-electron chi connectivity index (χ2n) is 5.21. The SMILES string of the molecule is O=C(Nc1nccs1)NC1(c2ccc(Cl)cc2)CCCC1. The van der Waals surface area contributed by atoms with Crippen LogP contribution >= 0.6 is 22.9 Å². The highest BCUT2D eigenvalue weighted by molar-refractivity contribution is 7.13. The number of nitrogens with one attached hydrogen (secondary N) is 2. The summed E-state index contributed by atoms with van der Waals surface area (Å²) >= 11 is 7.36. The number of thiazole rings is 1. The Hall–Kier alpha value is -1.59.